The second kappa shape index (κ2) is 4.99. The van der Waals surface area contributed by atoms with Crippen molar-refractivity contribution in [1.82, 2.24) is 5.32 Å². The highest BCUT2D eigenvalue weighted by Crippen LogP contribution is 2.59. The van der Waals surface area contributed by atoms with Crippen LogP contribution < -0.4 is 5.32 Å². The van der Waals surface area contributed by atoms with Crippen LogP contribution in [0.5, 0.6) is 0 Å². The Morgan fingerprint density at radius 1 is 1.31 bits per heavy atom. The highest BCUT2D eigenvalue weighted by Gasteiger charge is 2.50. The first-order chi connectivity index (χ1) is 7.25. The molecule has 0 aliphatic carbocycles. The molecular formula is C10H22NO3PS. The lowest BCUT2D eigenvalue weighted by Crippen LogP contribution is -2.39. The van der Waals surface area contributed by atoms with Gasteiger partial charge in [-0.3, -0.25) is 9.88 Å². The fraction of sp³-hybridized carbons (Fsp3) is 1.00. The minimum absolute atomic E-state index is 0.0909. The molecule has 1 fully saturated rings. The molecule has 0 unspecified atom stereocenters. The van der Waals surface area contributed by atoms with Crippen molar-refractivity contribution >= 4 is 19.4 Å². The third-order valence-electron chi connectivity index (χ3n) is 2.74. The Bertz CT molecular complexity index is 288. The molecule has 4 nitrogen and oxygen atoms in total. The predicted molar refractivity (Wildman–Crippen MR) is 68.8 cm³/mol. The largest absolute Gasteiger partial charge is 0.348 e. The van der Waals surface area contributed by atoms with E-state index in [0.717, 1.165) is 0 Å². The number of hydrogen-bond donors (Lipinski definition) is 1. The lowest BCUT2D eigenvalue weighted by atomic mass is 10.1. The summed E-state index contributed by atoms with van der Waals surface area (Å²) in [6.07, 6.45) is 0. The molecule has 1 rings (SSSR count). The summed E-state index contributed by atoms with van der Waals surface area (Å²) in [5.41, 5.74) is 0. The standard InChI is InChI=1S/C10H22NO3PS/c1-7(2)8-9(11-10(3,4)16-8)15(12,13-5)14-6/h7-9,11H,1-6H3/t8-,9+/m0/s1. The van der Waals surface area contributed by atoms with Gasteiger partial charge < -0.3 is 9.05 Å². The summed E-state index contributed by atoms with van der Waals surface area (Å²) >= 11 is 1.80. The maximum absolute atomic E-state index is 12.4. The van der Waals surface area contributed by atoms with Crippen LogP contribution in [0.3, 0.4) is 0 Å². The van der Waals surface area contributed by atoms with Gasteiger partial charge in [-0.1, -0.05) is 13.8 Å². The summed E-state index contributed by atoms with van der Waals surface area (Å²) < 4.78 is 22.6. The molecule has 0 bridgehead atoms. The maximum Gasteiger partial charge on any atom is 0.348 e. The fourth-order valence-electron chi connectivity index (χ4n) is 1.94. The van der Waals surface area contributed by atoms with Gasteiger partial charge in [0.25, 0.3) is 0 Å². The molecule has 2 atom stereocenters. The molecule has 0 aromatic heterocycles. The third-order valence-corrected chi connectivity index (χ3v) is 6.89. The normalized spacial score (nSPS) is 29.9. The third kappa shape index (κ3) is 2.82. The Balaban J connectivity index is 2.97. The van der Waals surface area contributed by atoms with E-state index in [1.165, 1.54) is 14.2 Å². The van der Waals surface area contributed by atoms with E-state index in [1.807, 2.05) is 0 Å². The number of thioether (sulfide) groups is 1. The molecule has 1 aliphatic heterocycles. The van der Waals surface area contributed by atoms with Gasteiger partial charge in [0.1, 0.15) is 5.78 Å². The van der Waals surface area contributed by atoms with Gasteiger partial charge in [0.05, 0.1) is 4.87 Å². The van der Waals surface area contributed by atoms with Crippen LogP contribution >= 0.6 is 19.4 Å². The first kappa shape index (κ1) is 14.5. The van der Waals surface area contributed by atoms with Crippen molar-refractivity contribution in [2.45, 2.75) is 43.6 Å². The predicted octanol–water partition coefficient (Wildman–Crippen LogP) is 2.90. The molecule has 1 heterocycles. The molecule has 0 amide bonds. The van der Waals surface area contributed by atoms with E-state index in [1.54, 1.807) is 11.8 Å². The molecule has 0 saturated carbocycles. The zero-order valence-electron chi connectivity index (χ0n) is 10.8. The molecule has 1 N–H and O–H groups in total. The number of nitrogens with one attached hydrogen (secondary N) is 1. The van der Waals surface area contributed by atoms with Gasteiger partial charge in [-0.2, -0.15) is 0 Å². The van der Waals surface area contributed by atoms with E-state index in [4.69, 9.17) is 9.05 Å². The molecule has 0 aromatic carbocycles. The summed E-state index contributed by atoms with van der Waals surface area (Å²) in [7, 11) is -0.163. The van der Waals surface area contributed by atoms with Gasteiger partial charge in [0.2, 0.25) is 0 Å². The Morgan fingerprint density at radius 2 is 1.81 bits per heavy atom. The molecule has 0 spiro atoms. The van der Waals surface area contributed by atoms with E-state index in [2.05, 4.69) is 33.0 Å². The second-order valence-electron chi connectivity index (χ2n) is 4.83. The van der Waals surface area contributed by atoms with Gasteiger partial charge in [0.15, 0.2) is 0 Å². The SMILES string of the molecule is COP(=O)(OC)[C@H]1NC(C)(C)S[C@H]1C(C)C. The summed E-state index contributed by atoms with van der Waals surface area (Å²) in [5, 5.41) is 3.59. The zero-order chi connectivity index (χ0) is 12.6. The minimum atomic E-state index is -3.05. The molecule has 6 heteroatoms. The van der Waals surface area contributed by atoms with Gasteiger partial charge in [-0.25, -0.2) is 0 Å². The maximum atomic E-state index is 12.4. The summed E-state index contributed by atoms with van der Waals surface area (Å²) in [6.45, 7) is 8.43. The average Bonchev–Trinajstić information content (AvgIpc) is 2.54. The van der Waals surface area contributed by atoms with E-state index in [9.17, 15) is 4.57 Å². The molecule has 0 aromatic rings. The number of rotatable bonds is 4. The van der Waals surface area contributed by atoms with E-state index >= 15 is 0 Å². The zero-order valence-corrected chi connectivity index (χ0v) is 12.5. The van der Waals surface area contributed by atoms with Crippen molar-refractivity contribution in [3.8, 4) is 0 Å². The van der Waals surface area contributed by atoms with E-state index < -0.39 is 7.60 Å². The van der Waals surface area contributed by atoms with Crippen molar-refractivity contribution in [3.05, 3.63) is 0 Å². The van der Waals surface area contributed by atoms with Crippen LogP contribution in [0.25, 0.3) is 0 Å². The van der Waals surface area contributed by atoms with Crippen molar-refractivity contribution < 1.29 is 13.6 Å². The average molecular weight is 267 g/mol. The van der Waals surface area contributed by atoms with Gasteiger partial charge in [0, 0.05) is 19.5 Å². The topological polar surface area (TPSA) is 47.6 Å². The second-order valence-corrected chi connectivity index (χ2v) is 9.00. The Morgan fingerprint density at radius 3 is 2.19 bits per heavy atom. The molecule has 96 valence electrons. The van der Waals surface area contributed by atoms with Crippen LogP contribution in [0.2, 0.25) is 0 Å². The Labute approximate surface area is 102 Å². The quantitative estimate of drug-likeness (QED) is 0.794. The first-order valence-corrected chi connectivity index (χ1v) is 7.91. The Hall–Kier alpha value is 0.460. The van der Waals surface area contributed by atoms with Crippen LogP contribution in [-0.2, 0) is 13.6 Å². The molecule has 1 aliphatic rings. The van der Waals surface area contributed by atoms with Gasteiger partial charge in [-0.05, 0) is 19.8 Å². The van der Waals surface area contributed by atoms with Crippen LogP contribution in [0, 0.1) is 5.92 Å². The van der Waals surface area contributed by atoms with Crippen LogP contribution in [0.15, 0.2) is 0 Å². The van der Waals surface area contributed by atoms with Gasteiger partial charge in [-0.15, -0.1) is 11.8 Å². The highest BCUT2D eigenvalue weighted by molar-refractivity contribution is 8.01. The highest BCUT2D eigenvalue weighted by atomic mass is 32.2. The summed E-state index contributed by atoms with van der Waals surface area (Å²) in [6, 6.07) is 0. The summed E-state index contributed by atoms with van der Waals surface area (Å²) in [4.78, 5) is -0.0909. The molecule has 16 heavy (non-hydrogen) atoms. The smallest absolute Gasteiger partial charge is 0.311 e. The molecular weight excluding hydrogens is 245 g/mol. The van der Waals surface area contributed by atoms with Crippen molar-refractivity contribution in [3.63, 3.8) is 0 Å². The lowest BCUT2D eigenvalue weighted by molar-refractivity contribution is 0.253. The molecule has 0 radical (unpaired) electrons. The van der Waals surface area contributed by atoms with Crippen molar-refractivity contribution in [2.24, 2.45) is 5.92 Å². The van der Waals surface area contributed by atoms with Gasteiger partial charge >= 0.3 is 7.60 Å². The van der Waals surface area contributed by atoms with E-state index in [0.29, 0.717) is 5.92 Å². The summed E-state index contributed by atoms with van der Waals surface area (Å²) in [5.74, 6) is 0.186. The van der Waals surface area contributed by atoms with Crippen LogP contribution in [0.4, 0.5) is 0 Å². The molecule has 1 saturated heterocycles. The van der Waals surface area contributed by atoms with Crippen molar-refractivity contribution in [2.75, 3.05) is 14.2 Å². The van der Waals surface area contributed by atoms with E-state index in [-0.39, 0.29) is 15.9 Å². The number of hydrogen-bond acceptors (Lipinski definition) is 5. The first-order valence-electron chi connectivity index (χ1n) is 5.42. The van der Waals surface area contributed by atoms with Crippen LogP contribution in [0.1, 0.15) is 27.7 Å². The monoisotopic (exact) mass is 267 g/mol. The van der Waals surface area contributed by atoms with Crippen LogP contribution in [-0.4, -0.2) is 30.1 Å². The fourth-order valence-corrected chi connectivity index (χ4v) is 5.79. The van der Waals surface area contributed by atoms with Crippen molar-refractivity contribution in [1.29, 1.82) is 0 Å². The lowest BCUT2D eigenvalue weighted by Gasteiger charge is -2.27. The Kier molecular flexibility index (Phi) is 4.53. The minimum Gasteiger partial charge on any atom is -0.311 e.